The van der Waals surface area contributed by atoms with Gasteiger partial charge < -0.3 is 15.1 Å². The summed E-state index contributed by atoms with van der Waals surface area (Å²) >= 11 is 0. The van der Waals surface area contributed by atoms with E-state index in [2.05, 4.69) is 33.8 Å². The molecular weight excluding hydrogens is 278 g/mol. The SMILES string of the molecule is CCNC(=NCCCc1cnn(C)c1)NCCc1ccco1. The zero-order chi connectivity index (χ0) is 15.6. The Labute approximate surface area is 131 Å². The van der Waals surface area contributed by atoms with E-state index in [0.717, 1.165) is 50.6 Å². The van der Waals surface area contributed by atoms with E-state index < -0.39 is 0 Å². The summed E-state index contributed by atoms with van der Waals surface area (Å²) in [5.41, 5.74) is 1.26. The molecule has 2 heterocycles. The van der Waals surface area contributed by atoms with Crippen molar-refractivity contribution < 1.29 is 4.42 Å². The maximum Gasteiger partial charge on any atom is 0.191 e. The molecule has 0 saturated carbocycles. The topological polar surface area (TPSA) is 67.4 Å². The van der Waals surface area contributed by atoms with Crippen LogP contribution in [0, 0.1) is 0 Å². The third-order valence-electron chi connectivity index (χ3n) is 3.24. The Bertz CT molecular complexity index is 559. The van der Waals surface area contributed by atoms with Gasteiger partial charge in [0.05, 0.1) is 12.5 Å². The lowest BCUT2D eigenvalue weighted by atomic mass is 10.2. The van der Waals surface area contributed by atoms with Crippen LogP contribution in [0.15, 0.2) is 40.2 Å². The quantitative estimate of drug-likeness (QED) is 0.443. The van der Waals surface area contributed by atoms with Crippen molar-refractivity contribution in [1.82, 2.24) is 20.4 Å². The van der Waals surface area contributed by atoms with Gasteiger partial charge in [0.2, 0.25) is 0 Å². The number of guanidine groups is 1. The van der Waals surface area contributed by atoms with Gasteiger partial charge in [-0.1, -0.05) is 0 Å². The molecule has 0 aliphatic rings. The van der Waals surface area contributed by atoms with Gasteiger partial charge in [-0.2, -0.15) is 5.10 Å². The van der Waals surface area contributed by atoms with Crippen molar-refractivity contribution in [2.75, 3.05) is 19.6 Å². The Morgan fingerprint density at radius 3 is 2.95 bits per heavy atom. The Morgan fingerprint density at radius 1 is 1.36 bits per heavy atom. The number of aromatic nitrogens is 2. The molecule has 0 atom stereocenters. The minimum atomic E-state index is 0.797. The molecule has 0 fully saturated rings. The Kier molecular flexibility index (Phi) is 6.54. The van der Waals surface area contributed by atoms with Crippen molar-refractivity contribution in [3.63, 3.8) is 0 Å². The second-order valence-electron chi connectivity index (χ2n) is 5.14. The molecule has 120 valence electrons. The van der Waals surface area contributed by atoms with Crippen molar-refractivity contribution in [2.24, 2.45) is 12.0 Å². The van der Waals surface area contributed by atoms with E-state index in [4.69, 9.17) is 4.42 Å². The van der Waals surface area contributed by atoms with Gasteiger partial charge in [-0.15, -0.1) is 0 Å². The van der Waals surface area contributed by atoms with Crippen LogP contribution >= 0.6 is 0 Å². The van der Waals surface area contributed by atoms with Gasteiger partial charge >= 0.3 is 0 Å². The molecule has 2 aromatic heterocycles. The highest BCUT2D eigenvalue weighted by Crippen LogP contribution is 2.01. The summed E-state index contributed by atoms with van der Waals surface area (Å²) in [5, 5.41) is 10.8. The summed E-state index contributed by atoms with van der Waals surface area (Å²) in [4.78, 5) is 4.59. The second-order valence-corrected chi connectivity index (χ2v) is 5.14. The first kappa shape index (κ1) is 16.1. The number of hydrogen-bond donors (Lipinski definition) is 2. The molecule has 0 unspecified atom stereocenters. The predicted molar refractivity (Wildman–Crippen MR) is 87.9 cm³/mol. The zero-order valence-corrected chi connectivity index (χ0v) is 13.4. The number of nitrogens with one attached hydrogen (secondary N) is 2. The summed E-state index contributed by atoms with van der Waals surface area (Å²) in [6, 6.07) is 3.90. The van der Waals surface area contributed by atoms with Crippen LogP contribution in [0.3, 0.4) is 0 Å². The van der Waals surface area contributed by atoms with Crippen molar-refractivity contribution in [2.45, 2.75) is 26.2 Å². The molecule has 2 aromatic rings. The van der Waals surface area contributed by atoms with Crippen LogP contribution in [0.1, 0.15) is 24.7 Å². The summed E-state index contributed by atoms with van der Waals surface area (Å²) in [6.07, 6.45) is 8.54. The molecule has 0 saturated heterocycles. The van der Waals surface area contributed by atoms with E-state index in [1.807, 2.05) is 30.1 Å². The molecule has 22 heavy (non-hydrogen) atoms. The van der Waals surface area contributed by atoms with Crippen molar-refractivity contribution >= 4 is 5.96 Å². The molecule has 0 spiro atoms. The normalized spacial score (nSPS) is 11.6. The number of furan rings is 1. The number of rotatable bonds is 8. The molecule has 0 amide bonds. The lowest BCUT2D eigenvalue weighted by molar-refractivity contribution is 0.507. The van der Waals surface area contributed by atoms with Crippen LogP contribution in [0.5, 0.6) is 0 Å². The van der Waals surface area contributed by atoms with Crippen LogP contribution in [-0.2, 0) is 19.9 Å². The van der Waals surface area contributed by atoms with E-state index in [1.54, 1.807) is 6.26 Å². The van der Waals surface area contributed by atoms with E-state index in [9.17, 15) is 0 Å². The van der Waals surface area contributed by atoms with Crippen LogP contribution in [-0.4, -0.2) is 35.4 Å². The number of nitrogens with zero attached hydrogens (tertiary/aromatic N) is 3. The monoisotopic (exact) mass is 303 g/mol. The first-order valence-electron chi connectivity index (χ1n) is 7.80. The van der Waals surface area contributed by atoms with E-state index in [1.165, 1.54) is 5.56 Å². The highest BCUT2D eigenvalue weighted by Gasteiger charge is 2.00. The Balaban J connectivity index is 1.69. The predicted octanol–water partition coefficient (Wildman–Crippen LogP) is 1.74. The van der Waals surface area contributed by atoms with Crippen molar-refractivity contribution in [3.8, 4) is 0 Å². The molecule has 6 heteroatoms. The van der Waals surface area contributed by atoms with Crippen molar-refractivity contribution in [3.05, 3.63) is 42.1 Å². The number of hydrogen-bond acceptors (Lipinski definition) is 3. The van der Waals surface area contributed by atoms with Gasteiger partial charge in [-0.3, -0.25) is 9.67 Å². The smallest absolute Gasteiger partial charge is 0.191 e. The van der Waals surface area contributed by atoms with Gasteiger partial charge in [0.15, 0.2) is 5.96 Å². The highest BCUT2D eigenvalue weighted by atomic mass is 16.3. The van der Waals surface area contributed by atoms with Crippen LogP contribution < -0.4 is 10.6 Å². The zero-order valence-electron chi connectivity index (χ0n) is 13.4. The van der Waals surface area contributed by atoms with E-state index >= 15 is 0 Å². The van der Waals surface area contributed by atoms with Gasteiger partial charge in [0.25, 0.3) is 0 Å². The average Bonchev–Trinajstić information content (AvgIpc) is 3.15. The Hall–Kier alpha value is -2.24. The highest BCUT2D eigenvalue weighted by molar-refractivity contribution is 5.79. The minimum Gasteiger partial charge on any atom is -0.469 e. The Morgan fingerprint density at radius 2 is 2.27 bits per heavy atom. The van der Waals surface area contributed by atoms with E-state index in [0.29, 0.717) is 0 Å². The number of aliphatic imine (C=N–C) groups is 1. The summed E-state index contributed by atoms with van der Waals surface area (Å²) in [5.74, 6) is 1.85. The number of aryl methyl sites for hydroxylation is 2. The first-order valence-corrected chi connectivity index (χ1v) is 7.80. The third-order valence-corrected chi connectivity index (χ3v) is 3.24. The van der Waals surface area contributed by atoms with E-state index in [-0.39, 0.29) is 0 Å². The fraction of sp³-hybridized carbons (Fsp3) is 0.500. The first-order chi connectivity index (χ1) is 10.8. The van der Waals surface area contributed by atoms with Crippen LogP contribution in [0.2, 0.25) is 0 Å². The van der Waals surface area contributed by atoms with Gasteiger partial charge in [-0.05, 0) is 37.5 Å². The largest absolute Gasteiger partial charge is 0.469 e. The third kappa shape index (κ3) is 5.63. The minimum absolute atomic E-state index is 0.797. The molecule has 0 aliphatic carbocycles. The van der Waals surface area contributed by atoms with Crippen molar-refractivity contribution in [1.29, 1.82) is 0 Å². The molecule has 0 radical (unpaired) electrons. The molecule has 6 nitrogen and oxygen atoms in total. The van der Waals surface area contributed by atoms with Gasteiger partial charge in [-0.25, -0.2) is 0 Å². The maximum absolute atomic E-state index is 5.32. The van der Waals surface area contributed by atoms with Crippen LogP contribution in [0.4, 0.5) is 0 Å². The fourth-order valence-corrected chi connectivity index (χ4v) is 2.18. The maximum atomic E-state index is 5.32. The second kappa shape index (κ2) is 8.92. The molecule has 0 aliphatic heterocycles. The lowest BCUT2D eigenvalue weighted by Crippen LogP contribution is -2.38. The molecule has 2 rings (SSSR count). The van der Waals surface area contributed by atoms with Gasteiger partial charge in [0.1, 0.15) is 5.76 Å². The molecular formula is C16H25N5O. The summed E-state index contributed by atoms with van der Waals surface area (Å²) in [7, 11) is 1.94. The summed E-state index contributed by atoms with van der Waals surface area (Å²) in [6.45, 7) is 4.53. The average molecular weight is 303 g/mol. The lowest BCUT2D eigenvalue weighted by Gasteiger charge is -2.10. The fourth-order valence-electron chi connectivity index (χ4n) is 2.18. The van der Waals surface area contributed by atoms with Crippen LogP contribution in [0.25, 0.3) is 0 Å². The molecule has 0 aromatic carbocycles. The standard InChI is InChI=1S/C16H25N5O/c1-3-17-16(19-10-8-15-7-5-11-22-15)18-9-4-6-14-12-20-21(2)13-14/h5,7,11-13H,3-4,6,8-10H2,1-2H3,(H2,17,18,19). The van der Waals surface area contributed by atoms with Gasteiger partial charge in [0, 0.05) is 39.3 Å². The molecule has 2 N–H and O–H groups in total. The molecule has 0 bridgehead atoms. The summed E-state index contributed by atoms with van der Waals surface area (Å²) < 4.78 is 7.15.